The monoisotopic (exact) mass is 271 g/mol. The fraction of sp³-hybridized carbons (Fsp3) is 0.615. The van der Waals surface area contributed by atoms with Crippen LogP contribution in [0.5, 0.6) is 0 Å². The maximum Gasteiger partial charge on any atom is 0.246 e. The highest BCUT2D eigenvalue weighted by Crippen LogP contribution is 2.30. The Balaban J connectivity index is 2.03. The van der Waals surface area contributed by atoms with Gasteiger partial charge in [0.1, 0.15) is 5.38 Å². The summed E-state index contributed by atoms with van der Waals surface area (Å²) in [6, 6.07) is 3.98. The molecule has 17 heavy (non-hydrogen) atoms. The molecule has 0 saturated carbocycles. The standard InChI is InChI=1S/C13H18ClNOS/c1-10-6-7-11(17-10)12(14)13(16)15-8-4-2-3-5-9-15/h6-7,12H,2-5,8-9H2,1H3. The fourth-order valence-electron chi connectivity index (χ4n) is 2.16. The highest BCUT2D eigenvalue weighted by atomic mass is 35.5. The average molecular weight is 272 g/mol. The molecule has 2 heterocycles. The van der Waals surface area contributed by atoms with Crippen LogP contribution in [0.1, 0.15) is 40.8 Å². The molecule has 0 N–H and O–H groups in total. The number of halogens is 1. The number of rotatable bonds is 2. The summed E-state index contributed by atoms with van der Waals surface area (Å²) in [5, 5.41) is -0.494. The van der Waals surface area contributed by atoms with Crippen molar-refractivity contribution in [3.8, 4) is 0 Å². The number of hydrogen-bond acceptors (Lipinski definition) is 2. The zero-order chi connectivity index (χ0) is 12.3. The molecule has 0 radical (unpaired) electrons. The van der Waals surface area contributed by atoms with Crippen LogP contribution < -0.4 is 0 Å². The average Bonchev–Trinajstić information content (AvgIpc) is 2.60. The first kappa shape index (κ1) is 12.9. The number of likely N-dealkylation sites (tertiary alicyclic amines) is 1. The van der Waals surface area contributed by atoms with Crippen molar-refractivity contribution < 1.29 is 4.79 Å². The minimum atomic E-state index is -0.494. The second-order valence-corrected chi connectivity index (χ2v) is 6.31. The summed E-state index contributed by atoms with van der Waals surface area (Å²) in [6.45, 7) is 3.77. The van der Waals surface area contributed by atoms with Crippen LogP contribution in [0.15, 0.2) is 12.1 Å². The molecule has 1 amide bonds. The van der Waals surface area contributed by atoms with E-state index in [2.05, 4.69) is 0 Å². The van der Waals surface area contributed by atoms with Crippen molar-refractivity contribution in [2.45, 2.75) is 38.0 Å². The molecule has 2 nitrogen and oxygen atoms in total. The third-order valence-electron chi connectivity index (χ3n) is 3.15. The minimum Gasteiger partial charge on any atom is -0.341 e. The van der Waals surface area contributed by atoms with E-state index in [0.717, 1.165) is 30.8 Å². The third kappa shape index (κ3) is 3.23. The molecule has 1 aliphatic rings. The van der Waals surface area contributed by atoms with Gasteiger partial charge < -0.3 is 4.90 Å². The Labute approximate surface area is 112 Å². The summed E-state index contributed by atoms with van der Waals surface area (Å²) in [5.41, 5.74) is 0. The van der Waals surface area contributed by atoms with Crippen LogP contribution in [0.2, 0.25) is 0 Å². The van der Waals surface area contributed by atoms with Crippen molar-refractivity contribution in [3.63, 3.8) is 0 Å². The number of aryl methyl sites for hydroxylation is 1. The van der Waals surface area contributed by atoms with E-state index in [9.17, 15) is 4.79 Å². The number of carbonyl (C=O) groups excluding carboxylic acids is 1. The van der Waals surface area contributed by atoms with Crippen molar-refractivity contribution in [1.29, 1.82) is 0 Å². The zero-order valence-electron chi connectivity index (χ0n) is 10.1. The molecular formula is C13H18ClNOS. The molecule has 2 rings (SSSR count). The zero-order valence-corrected chi connectivity index (χ0v) is 11.7. The highest BCUT2D eigenvalue weighted by molar-refractivity contribution is 7.12. The lowest BCUT2D eigenvalue weighted by molar-refractivity contribution is -0.130. The van der Waals surface area contributed by atoms with Gasteiger partial charge in [-0.3, -0.25) is 4.79 Å². The molecule has 1 atom stereocenters. The van der Waals surface area contributed by atoms with E-state index in [-0.39, 0.29) is 5.91 Å². The molecule has 1 aromatic heterocycles. The number of nitrogens with zero attached hydrogens (tertiary/aromatic N) is 1. The number of hydrogen-bond donors (Lipinski definition) is 0. The van der Waals surface area contributed by atoms with Crippen molar-refractivity contribution in [2.75, 3.05) is 13.1 Å². The molecule has 0 bridgehead atoms. The molecule has 0 spiro atoms. The van der Waals surface area contributed by atoms with E-state index in [1.54, 1.807) is 11.3 Å². The Morgan fingerprint density at radius 3 is 2.47 bits per heavy atom. The third-order valence-corrected chi connectivity index (χ3v) is 4.76. The number of amides is 1. The van der Waals surface area contributed by atoms with Crippen molar-refractivity contribution in [2.24, 2.45) is 0 Å². The van der Waals surface area contributed by atoms with Crippen LogP contribution in [0, 0.1) is 6.92 Å². The van der Waals surface area contributed by atoms with Crippen molar-refractivity contribution >= 4 is 28.8 Å². The van der Waals surface area contributed by atoms with Gasteiger partial charge in [0.25, 0.3) is 0 Å². The van der Waals surface area contributed by atoms with Crippen LogP contribution in [-0.2, 0) is 4.79 Å². The van der Waals surface area contributed by atoms with Crippen LogP contribution in [0.25, 0.3) is 0 Å². The van der Waals surface area contributed by atoms with E-state index < -0.39 is 5.38 Å². The molecule has 1 unspecified atom stereocenters. The van der Waals surface area contributed by atoms with Crippen LogP contribution >= 0.6 is 22.9 Å². The Morgan fingerprint density at radius 1 is 1.29 bits per heavy atom. The van der Waals surface area contributed by atoms with Gasteiger partial charge in [-0.25, -0.2) is 0 Å². The smallest absolute Gasteiger partial charge is 0.246 e. The minimum absolute atomic E-state index is 0.0791. The first-order valence-electron chi connectivity index (χ1n) is 6.17. The van der Waals surface area contributed by atoms with Gasteiger partial charge in [-0.2, -0.15) is 0 Å². The van der Waals surface area contributed by atoms with E-state index in [1.165, 1.54) is 17.7 Å². The van der Waals surface area contributed by atoms with Gasteiger partial charge in [0, 0.05) is 22.8 Å². The Kier molecular flexibility index (Phi) is 4.46. The molecule has 0 aliphatic carbocycles. The van der Waals surface area contributed by atoms with Gasteiger partial charge in [0.05, 0.1) is 0 Å². The van der Waals surface area contributed by atoms with E-state index in [4.69, 9.17) is 11.6 Å². The molecule has 94 valence electrons. The molecule has 1 aliphatic heterocycles. The fourth-order valence-corrected chi connectivity index (χ4v) is 3.36. The van der Waals surface area contributed by atoms with Crippen molar-refractivity contribution in [3.05, 3.63) is 21.9 Å². The van der Waals surface area contributed by atoms with E-state index in [1.807, 2.05) is 24.0 Å². The van der Waals surface area contributed by atoms with Gasteiger partial charge in [-0.1, -0.05) is 12.8 Å². The molecule has 4 heteroatoms. The number of alkyl halides is 1. The lowest BCUT2D eigenvalue weighted by Crippen LogP contribution is -2.34. The van der Waals surface area contributed by atoms with Gasteiger partial charge in [-0.05, 0) is 31.9 Å². The normalized spacial score (nSPS) is 18.8. The predicted octanol–water partition coefficient (Wildman–Crippen LogP) is 3.74. The summed E-state index contributed by atoms with van der Waals surface area (Å²) in [5.74, 6) is 0.0791. The van der Waals surface area contributed by atoms with Gasteiger partial charge in [0.2, 0.25) is 5.91 Å². The summed E-state index contributed by atoms with van der Waals surface area (Å²) in [7, 11) is 0. The summed E-state index contributed by atoms with van der Waals surface area (Å²) in [4.78, 5) is 16.4. The number of thiophene rings is 1. The topological polar surface area (TPSA) is 20.3 Å². The number of carbonyl (C=O) groups is 1. The van der Waals surface area contributed by atoms with Gasteiger partial charge in [-0.15, -0.1) is 22.9 Å². The maximum atomic E-state index is 12.3. The van der Waals surface area contributed by atoms with E-state index in [0.29, 0.717) is 0 Å². The van der Waals surface area contributed by atoms with Crippen LogP contribution in [0.4, 0.5) is 0 Å². The Morgan fingerprint density at radius 2 is 1.94 bits per heavy atom. The summed E-state index contributed by atoms with van der Waals surface area (Å²) in [6.07, 6.45) is 4.68. The van der Waals surface area contributed by atoms with Crippen LogP contribution in [0.3, 0.4) is 0 Å². The van der Waals surface area contributed by atoms with Gasteiger partial charge in [0.15, 0.2) is 0 Å². The SMILES string of the molecule is Cc1ccc(C(Cl)C(=O)N2CCCCCC2)s1. The second kappa shape index (κ2) is 5.87. The molecule has 1 fully saturated rings. The Hall–Kier alpha value is -0.540. The Bertz CT molecular complexity index is 383. The molecule has 1 aromatic rings. The summed E-state index contributed by atoms with van der Waals surface area (Å²) < 4.78 is 0. The molecular weight excluding hydrogens is 254 g/mol. The largest absolute Gasteiger partial charge is 0.341 e. The quantitative estimate of drug-likeness (QED) is 0.751. The predicted molar refractivity (Wildman–Crippen MR) is 72.7 cm³/mol. The molecule has 0 aromatic carbocycles. The highest BCUT2D eigenvalue weighted by Gasteiger charge is 2.25. The molecule has 1 saturated heterocycles. The first-order valence-corrected chi connectivity index (χ1v) is 7.43. The second-order valence-electron chi connectivity index (χ2n) is 4.55. The lowest BCUT2D eigenvalue weighted by atomic mass is 10.2. The van der Waals surface area contributed by atoms with Crippen LogP contribution in [-0.4, -0.2) is 23.9 Å². The van der Waals surface area contributed by atoms with E-state index >= 15 is 0 Å². The van der Waals surface area contributed by atoms with Crippen molar-refractivity contribution in [1.82, 2.24) is 4.90 Å². The summed E-state index contributed by atoms with van der Waals surface area (Å²) >= 11 is 7.89. The maximum absolute atomic E-state index is 12.3. The lowest BCUT2D eigenvalue weighted by Gasteiger charge is -2.22. The van der Waals surface area contributed by atoms with Gasteiger partial charge >= 0.3 is 0 Å². The first-order chi connectivity index (χ1) is 8.18.